The van der Waals surface area contributed by atoms with Crippen LogP contribution in [0, 0.1) is 11.7 Å². The van der Waals surface area contributed by atoms with Crippen LogP contribution in [-0.4, -0.2) is 20.7 Å². The summed E-state index contributed by atoms with van der Waals surface area (Å²) in [5.41, 5.74) is -1.35. The van der Waals surface area contributed by atoms with Crippen LogP contribution in [0.25, 0.3) is 0 Å². The van der Waals surface area contributed by atoms with Crippen LogP contribution in [-0.2, 0) is 21.0 Å². The summed E-state index contributed by atoms with van der Waals surface area (Å²) < 4.78 is 118. The molecule has 0 spiro atoms. The maximum Gasteiger partial charge on any atom is 0.573 e. The zero-order chi connectivity index (χ0) is 23.2. The van der Waals surface area contributed by atoms with E-state index >= 15 is 0 Å². The Morgan fingerprint density at radius 2 is 1.61 bits per heavy atom. The summed E-state index contributed by atoms with van der Waals surface area (Å²) in [5, 5.41) is 0. The van der Waals surface area contributed by atoms with Gasteiger partial charge in [0.25, 0.3) is 10.0 Å². The van der Waals surface area contributed by atoms with Crippen molar-refractivity contribution in [3.63, 3.8) is 0 Å². The lowest BCUT2D eigenvalue weighted by atomic mass is 10.1. The molecule has 1 fully saturated rings. The molecule has 1 aliphatic carbocycles. The number of benzene rings is 2. The molecule has 0 aliphatic heterocycles. The molecule has 1 saturated carbocycles. The minimum atomic E-state index is -5.14. The molecule has 31 heavy (non-hydrogen) atoms. The summed E-state index contributed by atoms with van der Waals surface area (Å²) in [6, 6.07) is 5.62. The molecule has 0 unspecified atom stereocenters. The van der Waals surface area contributed by atoms with Crippen molar-refractivity contribution >= 4 is 15.9 Å². The summed E-state index contributed by atoms with van der Waals surface area (Å²) in [7, 11) is -4.71. The topological polar surface area (TPSA) is 72.5 Å². The number of carbonyl (C=O) groups is 1. The normalized spacial score (nSPS) is 19.1. The molecule has 0 heterocycles. The Morgan fingerprint density at radius 1 is 1.00 bits per heavy atom. The zero-order valence-electron chi connectivity index (χ0n) is 15.1. The fourth-order valence-corrected chi connectivity index (χ4v) is 3.98. The zero-order valence-corrected chi connectivity index (χ0v) is 15.9. The minimum absolute atomic E-state index is 0.0781. The number of hydrogen-bond acceptors (Lipinski definition) is 4. The third kappa shape index (κ3) is 5.46. The first-order chi connectivity index (χ1) is 14.2. The Hall–Kier alpha value is -2.83. The van der Waals surface area contributed by atoms with E-state index in [1.54, 1.807) is 4.72 Å². The van der Waals surface area contributed by atoms with Gasteiger partial charge in [-0.25, -0.2) is 17.5 Å². The molecule has 2 aromatic carbocycles. The highest BCUT2D eigenvalue weighted by molar-refractivity contribution is 7.90. The fraction of sp³-hybridized carbons (Fsp3) is 0.278. The van der Waals surface area contributed by atoms with Crippen LogP contribution in [0.4, 0.5) is 30.7 Å². The second-order valence-corrected chi connectivity index (χ2v) is 8.36. The molecule has 0 aromatic heterocycles. The Labute approximate surface area is 170 Å². The highest BCUT2D eigenvalue weighted by Gasteiger charge is 2.45. The highest BCUT2D eigenvalue weighted by atomic mass is 32.2. The van der Waals surface area contributed by atoms with Crippen molar-refractivity contribution < 1.29 is 48.7 Å². The number of carbonyl (C=O) groups excluding carboxylic acids is 1. The van der Waals surface area contributed by atoms with Gasteiger partial charge in [0.2, 0.25) is 5.91 Å². The second kappa shape index (κ2) is 7.70. The molecule has 0 bridgehead atoms. The lowest BCUT2D eigenvalue weighted by molar-refractivity contribution is -0.274. The number of sulfonamides is 1. The van der Waals surface area contributed by atoms with Gasteiger partial charge in [-0.05, 0) is 48.2 Å². The molecular weight excluding hydrogens is 459 g/mol. The smallest absolute Gasteiger partial charge is 0.406 e. The molecule has 5 nitrogen and oxygen atoms in total. The van der Waals surface area contributed by atoms with E-state index in [1.165, 1.54) is 12.1 Å². The fourth-order valence-electron chi connectivity index (χ4n) is 2.93. The maximum absolute atomic E-state index is 13.3. The van der Waals surface area contributed by atoms with Crippen LogP contribution < -0.4 is 9.46 Å². The van der Waals surface area contributed by atoms with Crippen LogP contribution in [0.1, 0.15) is 23.5 Å². The molecule has 13 heteroatoms. The van der Waals surface area contributed by atoms with Crippen molar-refractivity contribution in [3.05, 3.63) is 59.4 Å². The summed E-state index contributed by atoms with van der Waals surface area (Å²) >= 11 is 0. The predicted molar refractivity (Wildman–Crippen MR) is 90.7 cm³/mol. The van der Waals surface area contributed by atoms with Gasteiger partial charge in [-0.1, -0.05) is 12.1 Å². The number of nitrogens with one attached hydrogen (secondary N) is 1. The SMILES string of the molecule is O=C(NS(=O)(=O)c1ccc(F)c(C(F)(F)F)c1)[C@@H]1C[C@H]1c1ccc(OC(F)(F)F)cc1. The Kier molecular flexibility index (Phi) is 5.67. The summed E-state index contributed by atoms with van der Waals surface area (Å²) in [5.74, 6) is -4.49. The monoisotopic (exact) mass is 471 g/mol. The molecule has 168 valence electrons. The molecule has 0 radical (unpaired) electrons. The van der Waals surface area contributed by atoms with Crippen molar-refractivity contribution in [2.45, 2.75) is 29.8 Å². The third-order valence-electron chi connectivity index (χ3n) is 4.46. The molecular formula is C18H12F7NO4S. The van der Waals surface area contributed by atoms with E-state index in [0.717, 1.165) is 12.1 Å². The second-order valence-electron chi connectivity index (χ2n) is 6.67. The van der Waals surface area contributed by atoms with E-state index in [9.17, 15) is 43.9 Å². The highest BCUT2D eigenvalue weighted by Crippen LogP contribution is 2.48. The number of halogens is 7. The van der Waals surface area contributed by atoms with Gasteiger partial charge in [0.05, 0.1) is 10.5 Å². The van der Waals surface area contributed by atoms with Gasteiger partial charge >= 0.3 is 12.5 Å². The third-order valence-corrected chi connectivity index (χ3v) is 5.80. The number of ether oxygens (including phenoxy) is 1. The summed E-state index contributed by atoms with van der Waals surface area (Å²) in [4.78, 5) is 11.3. The number of alkyl halides is 6. The molecule has 2 atom stereocenters. The molecule has 3 rings (SSSR count). The van der Waals surface area contributed by atoms with Crippen LogP contribution in [0.3, 0.4) is 0 Å². The Morgan fingerprint density at radius 3 is 2.16 bits per heavy atom. The van der Waals surface area contributed by atoms with Crippen LogP contribution in [0.15, 0.2) is 47.4 Å². The largest absolute Gasteiger partial charge is 0.573 e. The first-order valence-electron chi connectivity index (χ1n) is 8.46. The van der Waals surface area contributed by atoms with Crippen molar-refractivity contribution in [2.24, 2.45) is 5.92 Å². The molecule has 1 aliphatic rings. The number of hydrogen-bond donors (Lipinski definition) is 1. The van der Waals surface area contributed by atoms with Gasteiger partial charge in [0.1, 0.15) is 11.6 Å². The quantitative estimate of drug-likeness (QED) is 0.659. The molecule has 1 N–H and O–H groups in total. The van der Waals surface area contributed by atoms with E-state index in [4.69, 9.17) is 0 Å². The van der Waals surface area contributed by atoms with Gasteiger partial charge in [0, 0.05) is 5.92 Å². The van der Waals surface area contributed by atoms with Gasteiger partial charge in [-0.15, -0.1) is 13.2 Å². The Bertz CT molecular complexity index is 1100. The van der Waals surface area contributed by atoms with E-state index < -0.39 is 62.3 Å². The average molecular weight is 471 g/mol. The van der Waals surface area contributed by atoms with Crippen LogP contribution >= 0.6 is 0 Å². The van der Waals surface area contributed by atoms with Gasteiger partial charge in [0.15, 0.2) is 0 Å². The van der Waals surface area contributed by atoms with E-state index in [-0.39, 0.29) is 12.5 Å². The van der Waals surface area contributed by atoms with E-state index in [0.29, 0.717) is 17.7 Å². The molecule has 1 amide bonds. The summed E-state index contributed by atoms with van der Waals surface area (Å²) in [6.45, 7) is 0. The average Bonchev–Trinajstić information content (AvgIpc) is 3.40. The van der Waals surface area contributed by atoms with Gasteiger partial charge < -0.3 is 4.74 Å². The molecule has 0 saturated heterocycles. The number of rotatable bonds is 5. The van der Waals surface area contributed by atoms with Crippen molar-refractivity contribution in [3.8, 4) is 5.75 Å². The van der Waals surface area contributed by atoms with Crippen LogP contribution in [0.5, 0.6) is 5.75 Å². The lowest BCUT2D eigenvalue weighted by Crippen LogP contribution is -2.32. The first-order valence-corrected chi connectivity index (χ1v) is 9.95. The van der Waals surface area contributed by atoms with Crippen LogP contribution in [0.2, 0.25) is 0 Å². The lowest BCUT2D eigenvalue weighted by Gasteiger charge is -2.11. The van der Waals surface area contributed by atoms with Crippen molar-refractivity contribution in [1.82, 2.24) is 4.72 Å². The van der Waals surface area contributed by atoms with Gasteiger partial charge in [-0.3, -0.25) is 4.79 Å². The van der Waals surface area contributed by atoms with Crippen molar-refractivity contribution in [1.29, 1.82) is 0 Å². The Balaban J connectivity index is 1.69. The maximum atomic E-state index is 13.3. The standard InChI is InChI=1S/C18H12F7NO4S/c19-15-6-5-11(7-14(15)17(20,21)22)31(28,29)26-16(27)13-8-12(13)9-1-3-10(4-2-9)30-18(23,24)25/h1-7,12-13H,8H2,(H,26,27)/t12-,13+/m0/s1. The van der Waals surface area contributed by atoms with E-state index in [2.05, 4.69) is 4.74 Å². The van der Waals surface area contributed by atoms with E-state index in [1.807, 2.05) is 0 Å². The number of amides is 1. The first kappa shape index (κ1) is 22.8. The van der Waals surface area contributed by atoms with Crippen molar-refractivity contribution in [2.75, 3.05) is 0 Å². The predicted octanol–water partition coefficient (Wildman–Crippen LogP) is 4.35. The summed E-state index contributed by atoms with van der Waals surface area (Å²) in [6.07, 6.45) is -9.83. The van der Waals surface area contributed by atoms with Gasteiger partial charge in [-0.2, -0.15) is 13.2 Å². The minimum Gasteiger partial charge on any atom is -0.406 e. The molecule has 2 aromatic rings.